The lowest BCUT2D eigenvalue weighted by Crippen LogP contribution is -2.48. The number of hydrogen-bond donors (Lipinski definition) is 3. The van der Waals surface area contributed by atoms with Crippen LogP contribution in [0, 0.1) is 0 Å². The monoisotopic (exact) mass is 580 g/mol. The minimum absolute atomic E-state index is 0.0243. The minimum atomic E-state index is -0.102. The predicted octanol–water partition coefficient (Wildman–Crippen LogP) is 6.46. The summed E-state index contributed by atoms with van der Waals surface area (Å²) in [4.78, 5) is 25.4. The number of aromatic hydroxyl groups is 1. The van der Waals surface area contributed by atoms with Gasteiger partial charge in [-0.3, -0.25) is 9.36 Å². The number of benzene rings is 3. The van der Waals surface area contributed by atoms with Crippen molar-refractivity contribution in [3.05, 3.63) is 120 Å². The van der Waals surface area contributed by atoms with E-state index in [1.165, 1.54) is 5.56 Å². The molecule has 4 N–H and O–H groups in total. The fourth-order valence-corrected chi connectivity index (χ4v) is 6.08. The molecule has 0 unspecified atom stereocenters. The molecule has 0 bridgehead atoms. The molecule has 3 aromatic heterocycles. The van der Waals surface area contributed by atoms with Crippen molar-refractivity contribution in [3.8, 4) is 34.1 Å². The first kappa shape index (κ1) is 27.5. The number of nitrogens with zero attached hydrogens (tertiary/aromatic N) is 4. The van der Waals surface area contributed by atoms with Crippen LogP contribution >= 0.6 is 0 Å². The molecule has 3 aromatic carbocycles. The van der Waals surface area contributed by atoms with Crippen molar-refractivity contribution in [2.24, 2.45) is 0 Å². The van der Waals surface area contributed by atoms with E-state index in [1.807, 2.05) is 48.5 Å². The molecule has 0 spiro atoms. The molecule has 7 rings (SSSR count). The molecule has 1 fully saturated rings. The number of nitrogens with one attached hydrogen (secondary N) is 1. The molecular formula is C36H32N6O2. The smallest absolute Gasteiger partial charge is 0.165 e. The van der Waals surface area contributed by atoms with Gasteiger partial charge in [-0.2, -0.15) is 0 Å². The molecule has 1 saturated carbocycles. The molecule has 0 saturated heterocycles. The number of nitrogens with two attached hydrogens (primary N) is 1. The van der Waals surface area contributed by atoms with Crippen LogP contribution in [-0.2, 0) is 12.0 Å². The van der Waals surface area contributed by atoms with E-state index in [9.17, 15) is 9.90 Å². The number of phenolic OH excluding ortho intramolecular Hbond substituents is 1. The Kier molecular flexibility index (Phi) is 7.12. The second-order valence-corrected chi connectivity index (χ2v) is 11.3. The predicted molar refractivity (Wildman–Crippen MR) is 173 cm³/mol. The van der Waals surface area contributed by atoms with Gasteiger partial charge in [-0.05, 0) is 91.9 Å². The maximum atomic E-state index is 11.0. The van der Waals surface area contributed by atoms with E-state index in [1.54, 1.807) is 18.3 Å². The van der Waals surface area contributed by atoms with E-state index in [2.05, 4.69) is 51.3 Å². The molecule has 6 aromatic rings. The number of aldehydes is 1. The van der Waals surface area contributed by atoms with Gasteiger partial charge in [0.1, 0.15) is 17.1 Å². The van der Waals surface area contributed by atoms with Crippen LogP contribution < -0.4 is 11.1 Å². The number of imidazole rings is 1. The van der Waals surface area contributed by atoms with Crippen molar-refractivity contribution in [1.29, 1.82) is 0 Å². The quantitative estimate of drug-likeness (QED) is 0.168. The van der Waals surface area contributed by atoms with Gasteiger partial charge in [0, 0.05) is 23.0 Å². The van der Waals surface area contributed by atoms with Gasteiger partial charge >= 0.3 is 0 Å². The SMILES string of the molecule is Nc1ncccc1-c1nc2ccc(-c3ccccc3)nc2n1-c1ccc(C2(NCCc3ccc(C=O)c(O)c3)CCC2)cc1. The number of hydrogen-bond acceptors (Lipinski definition) is 7. The number of fused-ring (bicyclic) bond motifs is 1. The number of carbonyl (C=O) groups is 1. The summed E-state index contributed by atoms with van der Waals surface area (Å²) >= 11 is 0. The highest BCUT2D eigenvalue weighted by Crippen LogP contribution is 2.42. The Morgan fingerprint density at radius 2 is 1.75 bits per heavy atom. The van der Waals surface area contributed by atoms with Crippen LogP contribution in [0.5, 0.6) is 5.75 Å². The summed E-state index contributed by atoms with van der Waals surface area (Å²) in [5, 5.41) is 13.9. The third-order valence-electron chi connectivity index (χ3n) is 8.64. The maximum absolute atomic E-state index is 11.0. The van der Waals surface area contributed by atoms with Crippen molar-refractivity contribution >= 4 is 23.3 Å². The number of anilines is 1. The van der Waals surface area contributed by atoms with Crippen molar-refractivity contribution in [1.82, 2.24) is 24.8 Å². The van der Waals surface area contributed by atoms with Crippen LogP contribution in [0.2, 0.25) is 0 Å². The Labute approximate surface area is 255 Å². The second kappa shape index (κ2) is 11.4. The number of phenols is 1. The molecule has 0 aliphatic heterocycles. The van der Waals surface area contributed by atoms with Crippen LogP contribution in [0.25, 0.3) is 39.5 Å². The fourth-order valence-electron chi connectivity index (χ4n) is 6.08. The Bertz CT molecular complexity index is 1960. The van der Waals surface area contributed by atoms with E-state index in [0.29, 0.717) is 23.5 Å². The van der Waals surface area contributed by atoms with Gasteiger partial charge in [0.05, 0.1) is 16.8 Å². The first-order valence-electron chi connectivity index (χ1n) is 14.8. The highest BCUT2D eigenvalue weighted by molar-refractivity contribution is 5.84. The molecular weight excluding hydrogens is 548 g/mol. The summed E-state index contributed by atoms with van der Waals surface area (Å²) in [6.45, 7) is 0.754. The van der Waals surface area contributed by atoms with Crippen LogP contribution in [0.15, 0.2) is 103 Å². The Balaban J connectivity index is 1.22. The van der Waals surface area contributed by atoms with Crippen LogP contribution in [-0.4, -0.2) is 37.5 Å². The Morgan fingerprint density at radius 3 is 2.45 bits per heavy atom. The van der Waals surface area contributed by atoms with Gasteiger partial charge in [-0.15, -0.1) is 0 Å². The van der Waals surface area contributed by atoms with Gasteiger partial charge in [-0.25, -0.2) is 15.0 Å². The summed E-state index contributed by atoms with van der Waals surface area (Å²) < 4.78 is 2.06. The summed E-state index contributed by atoms with van der Waals surface area (Å²) in [6.07, 6.45) is 6.36. The lowest BCUT2D eigenvalue weighted by molar-refractivity contribution is 0.112. The van der Waals surface area contributed by atoms with Crippen molar-refractivity contribution in [2.75, 3.05) is 12.3 Å². The van der Waals surface area contributed by atoms with Gasteiger partial charge in [0.15, 0.2) is 17.8 Å². The third-order valence-corrected chi connectivity index (χ3v) is 8.64. The first-order chi connectivity index (χ1) is 21.5. The fraction of sp³-hybridized carbons (Fsp3) is 0.167. The van der Waals surface area contributed by atoms with E-state index < -0.39 is 0 Å². The normalized spacial score (nSPS) is 13.9. The Morgan fingerprint density at radius 1 is 0.932 bits per heavy atom. The summed E-state index contributed by atoms with van der Waals surface area (Å²) in [7, 11) is 0. The van der Waals surface area contributed by atoms with Crippen molar-refractivity contribution < 1.29 is 9.90 Å². The lowest BCUT2D eigenvalue weighted by Gasteiger charge is -2.43. The summed E-state index contributed by atoms with van der Waals surface area (Å²) in [6, 6.07) is 31.8. The summed E-state index contributed by atoms with van der Waals surface area (Å²) in [5.74, 6) is 1.13. The van der Waals surface area contributed by atoms with Gasteiger partial charge in [0.25, 0.3) is 0 Å². The van der Waals surface area contributed by atoms with Crippen molar-refractivity contribution in [3.63, 3.8) is 0 Å². The van der Waals surface area contributed by atoms with E-state index >= 15 is 0 Å². The van der Waals surface area contributed by atoms with Crippen LogP contribution in [0.4, 0.5) is 5.82 Å². The molecule has 1 aliphatic rings. The largest absolute Gasteiger partial charge is 0.507 e. The van der Waals surface area contributed by atoms with Crippen molar-refractivity contribution in [2.45, 2.75) is 31.2 Å². The molecule has 3 heterocycles. The van der Waals surface area contributed by atoms with Crippen LogP contribution in [0.1, 0.15) is 40.7 Å². The molecule has 1 aliphatic carbocycles. The van der Waals surface area contributed by atoms with Gasteiger partial charge in [0.2, 0.25) is 0 Å². The number of rotatable bonds is 9. The number of pyridine rings is 2. The Hall–Kier alpha value is -5.34. The number of aromatic nitrogens is 4. The maximum Gasteiger partial charge on any atom is 0.165 e. The van der Waals surface area contributed by atoms with Gasteiger partial charge < -0.3 is 16.2 Å². The number of nitrogen functional groups attached to an aromatic ring is 1. The molecule has 0 amide bonds. The molecule has 0 atom stereocenters. The zero-order valence-corrected chi connectivity index (χ0v) is 24.1. The highest BCUT2D eigenvalue weighted by Gasteiger charge is 2.38. The average Bonchev–Trinajstić information content (AvgIpc) is 3.42. The molecule has 44 heavy (non-hydrogen) atoms. The first-order valence-corrected chi connectivity index (χ1v) is 14.8. The zero-order chi connectivity index (χ0) is 30.1. The standard InChI is InChI=1S/C36H32N6O2/c37-33-29(8-4-20-38-33)34-41-31-16-15-30(25-6-2-1-3-7-25)40-35(31)42(34)28-13-11-27(12-14-28)36(18-5-19-36)39-21-17-24-9-10-26(23-43)32(44)22-24/h1-4,6-16,20,22-23,39,44H,5,17-19,21H2,(H2,37,38). The van der Waals surface area contributed by atoms with E-state index in [-0.39, 0.29) is 11.3 Å². The molecule has 218 valence electrons. The highest BCUT2D eigenvalue weighted by atomic mass is 16.3. The zero-order valence-electron chi connectivity index (χ0n) is 24.1. The minimum Gasteiger partial charge on any atom is -0.507 e. The lowest BCUT2D eigenvalue weighted by atomic mass is 9.71. The second-order valence-electron chi connectivity index (χ2n) is 11.3. The third kappa shape index (κ3) is 4.99. The van der Waals surface area contributed by atoms with Gasteiger partial charge in [-0.1, -0.05) is 48.5 Å². The van der Waals surface area contributed by atoms with E-state index in [0.717, 1.165) is 71.5 Å². The van der Waals surface area contributed by atoms with Crippen LogP contribution in [0.3, 0.4) is 0 Å². The molecule has 8 heteroatoms. The van der Waals surface area contributed by atoms with E-state index in [4.69, 9.17) is 15.7 Å². The molecule has 8 nitrogen and oxygen atoms in total. The average molecular weight is 581 g/mol. The number of carbonyl (C=O) groups excluding carboxylic acids is 1. The molecule has 0 radical (unpaired) electrons. The summed E-state index contributed by atoms with van der Waals surface area (Å²) in [5.41, 5.74) is 13.9. The topological polar surface area (TPSA) is 119 Å².